The number of carbonyl (C=O) groups excluding carboxylic acids is 1. The minimum Gasteiger partial charge on any atom is -0.454 e. The Bertz CT molecular complexity index is 1010. The van der Waals surface area contributed by atoms with E-state index >= 15 is 0 Å². The van der Waals surface area contributed by atoms with E-state index in [-0.39, 0.29) is 18.7 Å². The molecule has 1 atom stereocenters. The van der Waals surface area contributed by atoms with Crippen LogP contribution in [0, 0.1) is 6.92 Å². The quantitative estimate of drug-likeness (QED) is 0.724. The lowest BCUT2D eigenvalue weighted by Gasteiger charge is -2.34. The number of carbonyl (C=O) groups is 1. The van der Waals surface area contributed by atoms with Crippen LogP contribution in [0.2, 0.25) is 0 Å². The molecule has 168 valence electrons. The summed E-state index contributed by atoms with van der Waals surface area (Å²) in [7, 11) is 0. The van der Waals surface area contributed by atoms with Gasteiger partial charge in [0.05, 0.1) is 18.3 Å². The topological polar surface area (TPSA) is 57.6 Å². The molecule has 0 saturated carbocycles. The van der Waals surface area contributed by atoms with Crippen LogP contribution >= 0.6 is 0 Å². The molecular formula is C25H30N4O3. The standard InChI is InChI=1S/C25H30N4O3/c1-3-27-10-12-28(13-11-27)16-25(30)29-22(20-8-9-23-24(14-20)32-17-31-23)15-21(26-29)19-6-4-18(2)5-7-19/h4-9,14,22H,3,10-13,15-17H2,1-2H3/t22-/m0/s1. The third-order valence-corrected chi connectivity index (χ3v) is 6.60. The second-order valence-electron chi connectivity index (χ2n) is 8.69. The Morgan fingerprint density at radius 2 is 1.72 bits per heavy atom. The summed E-state index contributed by atoms with van der Waals surface area (Å²) in [4.78, 5) is 18.1. The molecule has 0 unspecified atom stereocenters. The average molecular weight is 435 g/mol. The van der Waals surface area contributed by atoms with Crippen LogP contribution in [0.3, 0.4) is 0 Å². The molecule has 32 heavy (non-hydrogen) atoms. The van der Waals surface area contributed by atoms with Crippen molar-refractivity contribution >= 4 is 11.6 Å². The minimum atomic E-state index is -0.148. The molecule has 0 spiro atoms. The highest BCUT2D eigenvalue weighted by Crippen LogP contribution is 2.39. The van der Waals surface area contributed by atoms with Crippen molar-refractivity contribution in [3.8, 4) is 11.5 Å². The minimum absolute atomic E-state index is 0.0414. The van der Waals surface area contributed by atoms with E-state index in [4.69, 9.17) is 14.6 Å². The number of nitrogens with zero attached hydrogens (tertiary/aromatic N) is 4. The maximum Gasteiger partial charge on any atom is 0.257 e. The number of fused-ring (bicyclic) bond motifs is 1. The van der Waals surface area contributed by atoms with E-state index in [9.17, 15) is 4.79 Å². The van der Waals surface area contributed by atoms with Crippen LogP contribution in [0.5, 0.6) is 11.5 Å². The monoisotopic (exact) mass is 434 g/mol. The highest BCUT2D eigenvalue weighted by molar-refractivity contribution is 6.03. The average Bonchev–Trinajstić information content (AvgIpc) is 3.47. The van der Waals surface area contributed by atoms with Crippen molar-refractivity contribution in [3.05, 3.63) is 59.2 Å². The Labute approximate surface area is 189 Å². The predicted molar refractivity (Wildman–Crippen MR) is 123 cm³/mol. The van der Waals surface area contributed by atoms with Gasteiger partial charge in [0.1, 0.15) is 0 Å². The maximum absolute atomic E-state index is 13.4. The molecule has 0 N–H and O–H groups in total. The van der Waals surface area contributed by atoms with Gasteiger partial charge in [-0.05, 0) is 36.7 Å². The fourth-order valence-corrected chi connectivity index (χ4v) is 4.57. The maximum atomic E-state index is 13.4. The van der Waals surface area contributed by atoms with Gasteiger partial charge in [-0.2, -0.15) is 5.10 Å². The molecule has 0 aliphatic carbocycles. The number of rotatable bonds is 5. The van der Waals surface area contributed by atoms with E-state index < -0.39 is 0 Å². The fourth-order valence-electron chi connectivity index (χ4n) is 4.57. The van der Waals surface area contributed by atoms with Gasteiger partial charge >= 0.3 is 0 Å². The zero-order valence-corrected chi connectivity index (χ0v) is 18.8. The molecule has 2 aromatic carbocycles. The third kappa shape index (κ3) is 4.23. The van der Waals surface area contributed by atoms with Crippen molar-refractivity contribution in [3.63, 3.8) is 0 Å². The van der Waals surface area contributed by atoms with Crippen molar-refractivity contribution in [1.82, 2.24) is 14.8 Å². The Hall–Kier alpha value is -2.90. The molecular weight excluding hydrogens is 404 g/mol. The molecule has 3 aliphatic rings. The highest BCUT2D eigenvalue weighted by Gasteiger charge is 2.35. The highest BCUT2D eigenvalue weighted by atomic mass is 16.7. The second kappa shape index (κ2) is 8.92. The summed E-state index contributed by atoms with van der Waals surface area (Å²) < 4.78 is 11.1. The number of likely N-dealkylation sites (N-methyl/N-ethyl adjacent to an activating group) is 1. The first-order chi connectivity index (χ1) is 15.6. The number of hydrazone groups is 1. The van der Waals surface area contributed by atoms with Gasteiger partial charge in [-0.15, -0.1) is 0 Å². The first kappa shape index (κ1) is 21.0. The molecule has 1 saturated heterocycles. The van der Waals surface area contributed by atoms with Crippen molar-refractivity contribution in [1.29, 1.82) is 0 Å². The number of amides is 1. The Kier molecular flexibility index (Phi) is 5.85. The summed E-state index contributed by atoms with van der Waals surface area (Å²) in [6, 6.07) is 14.1. The molecule has 0 bridgehead atoms. The number of hydrogen-bond donors (Lipinski definition) is 0. The Morgan fingerprint density at radius 1 is 1.00 bits per heavy atom. The van der Waals surface area contributed by atoms with Crippen molar-refractivity contribution in [2.75, 3.05) is 46.1 Å². The van der Waals surface area contributed by atoms with Gasteiger partial charge < -0.3 is 14.4 Å². The van der Waals surface area contributed by atoms with Crippen molar-refractivity contribution < 1.29 is 14.3 Å². The normalized spacial score (nSPS) is 21.1. The summed E-state index contributed by atoms with van der Waals surface area (Å²) in [6.45, 7) is 9.79. The van der Waals surface area contributed by atoms with Crippen LogP contribution in [0.25, 0.3) is 0 Å². The number of ether oxygens (including phenoxy) is 2. The van der Waals surface area contributed by atoms with E-state index in [1.165, 1.54) is 5.56 Å². The lowest BCUT2D eigenvalue weighted by atomic mass is 9.97. The summed E-state index contributed by atoms with van der Waals surface area (Å²) in [5.41, 5.74) is 4.23. The molecule has 3 heterocycles. The fraction of sp³-hybridized carbons (Fsp3) is 0.440. The number of aryl methyl sites for hydroxylation is 1. The first-order valence-corrected chi connectivity index (χ1v) is 11.4. The Balaban J connectivity index is 1.39. The van der Waals surface area contributed by atoms with Crippen molar-refractivity contribution in [2.45, 2.75) is 26.3 Å². The van der Waals surface area contributed by atoms with E-state index in [0.717, 1.165) is 61.1 Å². The third-order valence-electron chi connectivity index (χ3n) is 6.60. The smallest absolute Gasteiger partial charge is 0.257 e. The predicted octanol–water partition coefficient (Wildman–Crippen LogP) is 3.04. The van der Waals surface area contributed by atoms with Crippen molar-refractivity contribution in [2.24, 2.45) is 5.10 Å². The second-order valence-corrected chi connectivity index (χ2v) is 8.69. The van der Waals surface area contributed by atoms with Crippen LogP contribution in [-0.4, -0.2) is 72.5 Å². The van der Waals surface area contributed by atoms with Crippen LogP contribution in [0.4, 0.5) is 0 Å². The molecule has 5 rings (SSSR count). The van der Waals surface area contributed by atoms with Crippen LogP contribution < -0.4 is 9.47 Å². The van der Waals surface area contributed by atoms with Gasteiger partial charge in [0, 0.05) is 32.6 Å². The zero-order valence-electron chi connectivity index (χ0n) is 18.8. The molecule has 0 radical (unpaired) electrons. The van der Waals surface area contributed by atoms with Crippen LogP contribution in [-0.2, 0) is 4.79 Å². The molecule has 1 fully saturated rings. The number of piperazine rings is 1. The number of hydrogen-bond acceptors (Lipinski definition) is 6. The van der Waals surface area contributed by atoms with Gasteiger partial charge in [0.2, 0.25) is 6.79 Å². The van der Waals surface area contributed by atoms with Gasteiger partial charge in [-0.1, -0.05) is 42.8 Å². The van der Waals surface area contributed by atoms with Gasteiger partial charge in [0.15, 0.2) is 11.5 Å². The summed E-state index contributed by atoms with van der Waals surface area (Å²) in [5.74, 6) is 1.52. The summed E-state index contributed by atoms with van der Waals surface area (Å²) in [6.07, 6.45) is 0.679. The van der Waals surface area contributed by atoms with Crippen LogP contribution in [0.15, 0.2) is 47.6 Å². The summed E-state index contributed by atoms with van der Waals surface area (Å²) in [5, 5.41) is 6.52. The molecule has 7 nitrogen and oxygen atoms in total. The molecule has 3 aliphatic heterocycles. The largest absolute Gasteiger partial charge is 0.454 e. The molecule has 7 heteroatoms. The van der Waals surface area contributed by atoms with Gasteiger partial charge in [-0.25, -0.2) is 5.01 Å². The van der Waals surface area contributed by atoms with E-state index in [2.05, 4.69) is 47.9 Å². The first-order valence-electron chi connectivity index (χ1n) is 11.4. The van der Waals surface area contributed by atoms with Gasteiger partial charge in [0.25, 0.3) is 5.91 Å². The van der Waals surface area contributed by atoms with E-state index in [0.29, 0.717) is 13.0 Å². The van der Waals surface area contributed by atoms with E-state index in [1.807, 2.05) is 18.2 Å². The van der Waals surface area contributed by atoms with Gasteiger partial charge in [-0.3, -0.25) is 9.69 Å². The summed E-state index contributed by atoms with van der Waals surface area (Å²) >= 11 is 0. The van der Waals surface area contributed by atoms with Crippen LogP contribution in [0.1, 0.15) is 36.1 Å². The molecule has 2 aromatic rings. The lowest BCUT2D eigenvalue weighted by molar-refractivity contribution is -0.134. The molecule has 1 amide bonds. The molecule has 0 aromatic heterocycles. The van der Waals surface area contributed by atoms with E-state index in [1.54, 1.807) is 5.01 Å². The SMILES string of the molecule is CCN1CCN(CC(=O)N2N=C(c3ccc(C)cc3)C[C@H]2c2ccc3c(c2)OCO3)CC1. The zero-order chi connectivity index (χ0) is 22.1. The number of benzene rings is 2. The lowest BCUT2D eigenvalue weighted by Crippen LogP contribution is -2.49. The Morgan fingerprint density at radius 3 is 2.47 bits per heavy atom.